The Hall–Kier alpha value is -0.630. The predicted molar refractivity (Wildman–Crippen MR) is 87.4 cm³/mol. The van der Waals surface area contributed by atoms with E-state index in [4.69, 9.17) is 14.2 Å². The number of ether oxygens (including phenoxy) is 3. The van der Waals surface area contributed by atoms with Gasteiger partial charge in [-0.15, -0.1) is 0 Å². The summed E-state index contributed by atoms with van der Waals surface area (Å²) in [7, 11) is 0. The summed E-state index contributed by atoms with van der Waals surface area (Å²) >= 11 is 0. The van der Waals surface area contributed by atoms with Gasteiger partial charge in [0.25, 0.3) is 5.97 Å². The van der Waals surface area contributed by atoms with E-state index in [1.54, 1.807) is 0 Å². The highest BCUT2D eigenvalue weighted by Crippen LogP contribution is 2.55. The van der Waals surface area contributed by atoms with Crippen molar-refractivity contribution in [1.82, 2.24) is 0 Å². The second-order valence-electron chi connectivity index (χ2n) is 8.43. The number of hydrogen-bond donors (Lipinski definition) is 0. The van der Waals surface area contributed by atoms with Crippen molar-refractivity contribution in [1.29, 1.82) is 5.26 Å². The van der Waals surface area contributed by atoms with Gasteiger partial charge in [-0.05, 0) is 24.7 Å². The molecule has 23 heavy (non-hydrogen) atoms. The van der Waals surface area contributed by atoms with Gasteiger partial charge in [-0.2, -0.15) is 5.26 Å². The Balaban J connectivity index is 1.73. The van der Waals surface area contributed by atoms with E-state index in [-0.39, 0.29) is 10.8 Å². The van der Waals surface area contributed by atoms with Crippen molar-refractivity contribution >= 4 is 0 Å². The summed E-state index contributed by atoms with van der Waals surface area (Å²) in [6.45, 7) is 8.63. The molecule has 0 N–H and O–H groups in total. The molecule has 1 saturated carbocycles. The molecule has 0 spiro atoms. The first kappa shape index (κ1) is 17.2. The molecule has 3 saturated heterocycles. The third kappa shape index (κ3) is 3.29. The molecule has 2 bridgehead atoms. The maximum Gasteiger partial charge on any atom is 0.284 e. The second-order valence-corrected chi connectivity index (χ2v) is 8.43. The lowest BCUT2D eigenvalue weighted by Crippen LogP contribution is -2.60. The molecule has 0 radical (unpaired) electrons. The van der Waals surface area contributed by atoms with Crippen molar-refractivity contribution in [3.8, 4) is 6.07 Å². The van der Waals surface area contributed by atoms with Gasteiger partial charge in [0.1, 0.15) is 0 Å². The first-order valence-corrected chi connectivity index (χ1v) is 9.31. The van der Waals surface area contributed by atoms with Crippen molar-refractivity contribution < 1.29 is 14.2 Å². The van der Waals surface area contributed by atoms with Gasteiger partial charge >= 0.3 is 0 Å². The van der Waals surface area contributed by atoms with Crippen molar-refractivity contribution in [2.75, 3.05) is 19.8 Å². The van der Waals surface area contributed by atoms with Crippen LogP contribution in [0.5, 0.6) is 0 Å². The largest absolute Gasteiger partial charge is 0.327 e. The van der Waals surface area contributed by atoms with Crippen LogP contribution < -0.4 is 0 Å². The van der Waals surface area contributed by atoms with E-state index < -0.39 is 5.97 Å². The molecule has 0 aromatic heterocycles. The number of nitrogens with zero attached hydrogens (tertiary/aromatic N) is 1. The highest BCUT2D eigenvalue weighted by atomic mass is 16.9. The van der Waals surface area contributed by atoms with Crippen LogP contribution in [0, 0.1) is 34.0 Å². The Morgan fingerprint density at radius 3 is 1.83 bits per heavy atom. The topological polar surface area (TPSA) is 51.5 Å². The first-order chi connectivity index (χ1) is 11.0. The summed E-state index contributed by atoms with van der Waals surface area (Å²) < 4.78 is 17.9. The maximum atomic E-state index is 9.98. The molecule has 0 aromatic rings. The van der Waals surface area contributed by atoms with Gasteiger partial charge in [-0.25, -0.2) is 0 Å². The fourth-order valence-corrected chi connectivity index (χ4v) is 4.78. The molecule has 3 aliphatic heterocycles. The van der Waals surface area contributed by atoms with E-state index in [9.17, 15) is 5.26 Å². The van der Waals surface area contributed by atoms with Crippen molar-refractivity contribution in [3.05, 3.63) is 0 Å². The quantitative estimate of drug-likeness (QED) is 0.734. The van der Waals surface area contributed by atoms with E-state index in [2.05, 4.69) is 26.8 Å². The van der Waals surface area contributed by atoms with Crippen LogP contribution in [0.2, 0.25) is 0 Å². The molecule has 4 rings (SSSR count). The fourth-order valence-electron chi connectivity index (χ4n) is 4.78. The summed E-state index contributed by atoms with van der Waals surface area (Å²) in [6.07, 6.45) is 7.34. The molecule has 0 aromatic carbocycles. The molecular weight excluding hydrogens is 290 g/mol. The molecule has 4 fully saturated rings. The zero-order valence-electron chi connectivity index (χ0n) is 14.9. The molecular formula is C19H31NO3. The van der Waals surface area contributed by atoms with Gasteiger partial charge in [0.2, 0.25) is 0 Å². The molecule has 4 aliphatic rings. The van der Waals surface area contributed by atoms with Crippen molar-refractivity contribution in [2.45, 2.75) is 71.7 Å². The standard InChI is InChI=1S/C19H31NO3/c1-4-6-15-8-18(11-20,9-16(15)7-5-2)10-19-21-12-17(3,13-22-19)14-23-19/h15-16H,4-10,12-14H2,1-3H3/t15-,16-,17?,19?/m0/s1. The Morgan fingerprint density at radius 2 is 1.43 bits per heavy atom. The summed E-state index contributed by atoms with van der Waals surface area (Å²) in [5.74, 6) is 0.354. The minimum absolute atomic E-state index is 0.0211. The van der Waals surface area contributed by atoms with Crippen LogP contribution in [0.3, 0.4) is 0 Å². The first-order valence-electron chi connectivity index (χ1n) is 9.31. The van der Waals surface area contributed by atoms with Gasteiger partial charge in [0.15, 0.2) is 0 Å². The van der Waals surface area contributed by atoms with Crippen LogP contribution in [-0.4, -0.2) is 25.8 Å². The lowest BCUT2D eigenvalue weighted by atomic mass is 9.80. The molecule has 0 unspecified atom stereocenters. The van der Waals surface area contributed by atoms with Crippen LogP contribution in [0.15, 0.2) is 0 Å². The molecule has 0 amide bonds. The fraction of sp³-hybridized carbons (Fsp3) is 0.947. The van der Waals surface area contributed by atoms with E-state index in [1.807, 2.05) is 0 Å². The van der Waals surface area contributed by atoms with Gasteiger partial charge in [-0.3, -0.25) is 0 Å². The van der Waals surface area contributed by atoms with E-state index in [1.165, 1.54) is 25.7 Å². The number of hydrogen-bond acceptors (Lipinski definition) is 4. The summed E-state index contributed by atoms with van der Waals surface area (Å²) in [5.41, 5.74) is -0.378. The smallest absolute Gasteiger partial charge is 0.284 e. The predicted octanol–water partition coefficient (Wildman–Crippen LogP) is 4.25. The molecule has 4 nitrogen and oxygen atoms in total. The van der Waals surface area contributed by atoms with Gasteiger partial charge in [0.05, 0.1) is 31.3 Å². The maximum absolute atomic E-state index is 9.98. The Bertz CT molecular complexity index is 431. The SMILES string of the molecule is CCC[C@H]1CC(C#N)(CC23OCC(C)(CO2)CO3)C[C@@H]1CCC. The minimum Gasteiger partial charge on any atom is -0.327 e. The third-order valence-electron chi connectivity index (χ3n) is 6.01. The lowest BCUT2D eigenvalue weighted by molar-refractivity contribution is -0.472. The van der Waals surface area contributed by atoms with Crippen LogP contribution in [-0.2, 0) is 14.2 Å². The molecule has 130 valence electrons. The highest BCUT2D eigenvalue weighted by molar-refractivity contribution is 5.08. The Kier molecular flexibility index (Phi) is 4.75. The third-order valence-corrected chi connectivity index (χ3v) is 6.01. The number of fused-ring (bicyclic) bond motifs is 3. The normalized spacial score (nSPS) is 41.8. The minimum atomic E-state index is -0.967. The summed E-state index contributed by atoms with van der Waals surface area (Å²) in [6, 6.07) is 2.65. The molecule has 4 heteroatoms. The van der Waals surface area contributed by atoms with Gasteiger partial charge in [0, 0.05) is 11.8 Å². The van der Waals surface area contributed by atoms with Crippen molar-refractivity contribution in [2.24, 2.45) is 22.7 Å². The second kappa shape index (κ2) is 6.35. The van der Waals surface area contributed by atoms with Crippen LogP contribution in [0.25, 0.3) is 0 Å². The number of nitriles is 1. The van der Waals surface area contributed by atoms with E-state index >= 15 is 0 Å². The van der Waals surface area contributed by atoms with E-state index in [0.29, 0.717) is 38.1 Å². The Morgan fingerprint density at radius 1 is 0.957 bits per heavy atom. The summed E-state index contributed by atoms with van der Waals surface area (Å²) in [5, 5.41) is 9.98. The van der Waals surface area contributed by atoms with Gasteiger partial charge in [-0.1, -0.05) is 46.5 Å². The molecule has 2 atom stereocenters. The van der Waals surface area contributed by atoms with Crippen LogP contribution in [0.4, 0.5) is 0 Å². The molecule has 1 aliphatic carbocycles. The zero-order chi connectivity index (χ0) is 16.6. The van der Waals surface area contributed by atoms with E-state index in [0.717, 1.165) is 12.8 Å². The number of rotatable bonds is 6. The van der Waals surface area contributed by atoms with Crippen LogP contribution >= 0.6 is 0 Å². The summed E-state index contributed by atoms with van der Waals surface area (Å²) in [4.78, 5) is 0. The lowest BCUT2D eigenvalue weighted by Gasteiger charge is -2.51. The zero-order valence-corrected chi connectivity index (χ0v) is 14.9. The van der Waals surface area contributed by atoms with Crippen molar-refractivity contribution in [3.63, 3.8) is 0 Å². The monoisotopic (exact) mass is 321 g/mol. The average molecular weight is 321 g/mol. The average Bonchev–Trinajstić information content (AvgIpc) is 2.88. The van der Waals surface area contributed by atoms with Crippen LogP contribution in [0.1, 0.15) is 65.7 Å². The van der Waals surface area contributed by atoms with Gasteiger partial charge < -0.3 is 14.2 Å². The molecule has 3 heterocycles. The Labute approximate surface area is 140 Å². The highest BCUT2D eigenvalue weighted by Gasteiger charge is 2.56.